The molecule has 82 valence electrons. The van der Waals surface area contributed by atoms with E-state index in [0.29, 0.717) is 12.1 Å². The van der Waals surface area contributed by atoms with Crippen molar-refractivity contribution in [3.05, 3.63) is 22.1 Å². The molecule has 5 heteroatoms. The Balaban J connectivity index is 2.21. The van der Waals surface area contributed by atoms with E-state index in [-0.39, 0.29) is 11.7 Å². The van der Waals surface area contributed by atoms with E-state index in [4.69, 9.17) is 10.5 Å². The fourth-order valence-electron chi connectivity index (χ4n) is 1.80. The number of hydrogen-bond donors (Lipinski definition) is 1. The number of nitrogen functional groups attached to an aromatic ring is 1. The maximum atomic E-state index is 11.5. The van der Waals surface area contributed by atoms with Gasteiger partial charge >= 0.3 is 0 Å². The Hall–Kier alpha value is -1.36. The normalized spacial score (nSPS) is 20.7. The molecule has 1 atom stereocenters. The first-order valence-corrected chi connectivity index (χ1v) is 5.10. The lowest BCUT2D eigenvalue weighted by molar-refractivity contribution is 0.111. The molecule has 1 saturated heterocycles. The molecule has 2 rings (SSSR count). The molecule has 2 heterocycles. The van der Waals surface area contributed by atoms with Crippen molar-refractivity contribution < 1.29 is 4.74 Å². The zero-order valence-electron chi connectivity index (χ0n) is 8.77. The topological polar surface area (TPSA) is 70.1 Å². The first-order valence-electron chi connectivity index (χ1n) is 5.10. The molecule has 1 aliphatic rings. The van der Waals surface area contributed by atoms with Gasteiger partial charge in [0.15, 0.2) is 0 Å². The average molecular weight is 209 g/mol. The van der Waals surface area contributed by atoms with Crippen molar-refractivity contribution in [2.75, 3.05) is 12.3 Å². The second-order valence-corrected chi connectivity index (χ2v) is 3.85. The molecular weight excluding hydrogens is 194 g/mol. The fraction of sp³-hybridized carbons (Fsp3) is 0.600. The zero-order chi connectivity index (χ0) is 10.8. The minimum atomic E-state index is -0.231. The maximum Gasteiger partial charge on any atom is 0.289 e. The fourth-order valence-corrected chi connectivity index (χ4v) is 1.80. The van der Waals surface area contributed by atoms with Gasteiger partial charge in [0.2, 0.25) is 0 Å². The predicted molar refractivity (Wildman–Crippen MR) is 56.6 cm³/mol. The van der Waals surface area contributed by atoms with Crippen molar-refractivity contribution >= 4 is 5.69 Å². The first kappa shape index (κ1) is 10.2. The Morgan fingerprint density at radius 2 is 2.53 bits per heavy atom. The lowest BCUT2D eigenvalue weighted by Crippen LogP contribution is -2.25. The summed E-state index contributed by atoms with van der Waals surface area (Å²) >= 11 is 0. The third kappa shape index (κ3) is 2.02. The van der Waals surface area contributed by atoms with E-state index in [2.05, 4.69) is 5.10 Å². The summed E-state index contributed by atoms with van der Waals surface area (Å²) in [7, 11) is 1.59. The smallest absolute Gasteiger partial charge is 0.289 e. The minimum absolute atomic E-state index is 0.196. The SMILES string of the molecule is Cn1ncc(CC2CCCO2)c(N)c1=O. The van der Waals surface area contributed by atoms with E-state index < -0.39 is 0 Å². The van der Waals surface area contributed by atoms with Crippen LogP contribution in [0.5, 0.6) is 0 Å². The van der Waals surface area contributed by atoms with Crippen LogP contribution < -0.4 is 11.3 Å². The van der Waals surface area contributed by atoms with Crippen LogP contribution in [0.2, 0.25) is 0 Å². The van der Waals surface area contributed by atoms with Crippen molar-refractivity contribution in [3.8, 4) is 0 Å². The summed E-state index contributed by atoms with van der Waals surface area (Å²) in [6.45, 7) is 0.808. The van der Waals surface area contributed by atoms with Gasteiger partial charge in [-0.15, -0.1) is 0 Å². The molecule has 2 N–H and O–H groups in total. The van der Waals surface area contributed by atoms with Gasteiger partial charge in [0.1, 0.15) is 5.69 Å². The molecule has 0 saturated carbocycles. The molecular formula is C10H15N3O2. The molecule has 5 nitrogen and oxygen atoms in total. The largest absolute Gasteiger partial charge is 0.394 e. The number of nitrogens with zero attached hydrogens (tertiary/aromatic N) is 2. The molecule has 15 heavy (non-hydrogen) atoms. The molecule has 1 aromatic heterocycles. The number of hydrogen-bond acceptors (Lipinski definition) is 4. The van der Waals surface area contributed by atoms with Gasteiger partial charge in [-0.1, -0.05) is 0 Å². The molecule has 0 aliphatic carbocycles. The van der Waals surface area contributed by atoms with E-state index in [1.807, 2.05) is 0 Å². The van der Waals surface area contributed by atoms with Crippen LogP contribution in [0.4, 0.5) is 5.69 Å². The van der Waals surface area contributed by atoms with Gasteiger partial charge in [-0.05, 0) is 12.8 Å². The van der Waals surface area contributed by atoms with Crippen molar-refractivity contribution in [1.82, 2.24) is 9.78 Å². The van der Waals surface area contributed by atoms with Crippen molar-refractivity contribution in [2.45, 2.75) is 25.4 Å². The molecule has 1 unspecified atom stereocenters. The average Bonchev–Trinajstić information content (AvgIpc) is 2.72. The predicted octanol–water partition coefficient (Wildman–Crippen LogP) is 0.0840. The van der Waals surface area contributed by atoms with Crippen LogP contribution in [-0.2, 0) is 18.2 Å². The molecule has 0 amide bonds. The van der Waals surface area contributed by atoms with Crippen LogP contribution in [0.25, 0.3) is 0 Å². The summed E-state index contributed by atoms with van der Waals surface area (Å²) in [5.74, 6) is 0. The van der Waals surface area contributed by atoms with E-state index in [1.165, 1.54) is 4.68 Å². The van der Waals surface area contributed by atoms with Crippen LogP contribution in [0, 0.1) is 0 Å². The number of nitrogens with two attached hydrogens (primary N) is 1. The molecule has 0 spiro atoms. The van der Waals surface area contributed by atoms with E-state index in [0.717, 1.165) is 25.0 Å². The Labute approximate surface area is 87.8 Å². The van der Waals surface area contributed by atoms with Gasteiger partial charge in [-0.3, -0.25) is 4.79 Å². The monoisotopic (exact) mass is 209 g/mol. The van der Waals surface area contributed by atoms with Crippen LogP contribution in [0.15, 0.2) is 11.0 Å². The highest BCUT2D eigenvalue weighted by Gasteiger charge is 2.18. The zero-order valence-corrected chi connectivity index (χ0v) is 8.77. The molecule has 0 bridgehead atoms. The van der Waals surface area contributed by atoms with Crippen molar-refractivity contribution in [1.29, 1.82) is 0 Å². The summed E-state index contributed by atoms with van der Waals surface area (Å²) in [6, 6.07) is 0. The van der Waals surface area contributed by atoms with Gasteiger partial charge in [-0.2, -0.15) is 5.10 Å². The summed E-state index contributed by atoms with van der Waals surface area (Å²) in [4.78, 5) is 11.5. The Morgan fingerprint density at radius 3 is 3.20 bits per heavy atom. The summed E-state index contributed by atoms with van der Waals surface area (Å²) < 4.78 is 6.73. The molecule has 1 aromatic rings. The lowest BCUT2D eigenvalue weighted by atomic mass is 10.1. The van der Waals surface area contributed by atoms with E-state index >= 15 is 0 Å². The van der Waals surface area contributed by atoms with Gasteiger partial charge in [0.05, 0.1) is 12.3 Å². The minimum Gasteiger partial charge on any atom is -0.394 e. The lowest BCUT2D eigenvalue weighted by Gasteiger charge is -2.10. The van der Waals surface area contributed by atoms with Gasteiger partial charge < -0.3 is 10.5 Å². The van der Waals surface area contributed by atoms with Crippen LogP contribution in [0.3, 0.4) is 0 Å². The van der Waals surface area contributed by atoms with Gasteiger partial charge in [0.25, 0.3) is 5.56 Å². The molecule has 1 fully saturated rings. The second-order valence-electron chi connectivity index (χ2n) is 3.85. The standard InChI is InChI=1S/C10H15N3O2/c1-13-10(14)9(11)7(6-12-13)5-8-3-2-4-15-8/h6,8H,2-5,11H2,1H3. The Kier molecular flexibility index (Phi) is 2.73. The van der Waals surface area contributed by atoms with E-state index in [9.17, 15) is 4.79 Å². The Morgan fingerprint density at radius 1 is 1.73 bits per heavy atom. The van der Waals surface area contributed by atoms with Gasteiger partial charge in [0, 0.05) is 25.6 Å². The number of rotatable bonds is 2. The summed E-state index contributed by atoms with van der Waals surface area (Å²) in [5, 5.41) is 3.95. The van der Waals surface area contributed by atoms with Crippen LogP contribution in [-0.4, -0.2) is 22.5 Å². The summed E-state index contributed by atoms with van der Waals surface area (Å²) in [5.41, 5.74) is 6.59. The van der Waals surface area contributed by atoms with Crippen molar-refractivity contribution in [2.24, 2.45) is 7.05 Å². The second kappa shape index (κ2) is 4.02. The molecule has 0 radical (unpaired) electrons. The number of ether oxygens (including phenoxy) is 1. The third-order valence-corrected chi connectivity index (χ3v) is 2.73. The number of aryl methyl sites for hydroxylation is 1. The highest BCUT2D eigenvalue weighted by Crippen LogP contribution is 2.18. The maximum absolute atomic E-state index is 11.5. The van der Waals surface area contributed by atoms with E-state index in [1.54, 1.807) is 13.2 Å². The number of aromatic nitrogens is 2. The summed E-state index contributed by atoms with van der Waals surface area (Å²) in [6.07, 6.45) is 4.66. The number of anilines is 1. The molecule has 1 aliphatic heterocycles. The third-order valence-electron chi connectivity index (χ3n) is 2.73. The highest BCUT2D eigenvalue weighted by molar-refractivity contribution is 5.43. The highest BCUT2D eigenvalue weighted by atomic mass is 16.5. The molecule has 0 aromatic carbocycles. The van der Waals surface area contributed by atoms with Crippen LogP contribution >= 0.6 is 0 Å². The van der Waals surface area contributed by atoms with Crippen LogP contribution in [0.1, 0.15) is 18.4 Å². The quantitative estimate of drug-likeness (QED) is 0.749. The van der Waals surface area contributed by atoms with Crippen molar-refractivity contribution in [3.63, 3.8) is 0 Å². The van der Waals surface area contributed by atoms with Gasteiger partial charge in [-0.25, -0.2) is 4.68 Å². The Bertz CT molecular complexity index is 408. The first-order chi connectivity index (χ1) is 7.18.